The van der Waals surface area contributed by atoms with Crippen molar-refractivity contribution < 1.29 is 14.6 Å². The lowest BCUT2D eigenvalue weighted by Gasteiger charge is -2.40. The Labute approximate surface area is 109 Å². The molecule has 4 heteroatoms. The minimum absolute atomic E-state index is 0.0515. The first-order valence-electron chi connectivity index (χ1n) is 7.15. The zero-order valence-corrected chi connectivity index (χ0v) is 11.4. The molecule has 2 N–H and O–H groups in total. The van der Waals surface area contributed by atoms with Crippen LogP contribution in [0.15, 0.2) is 0 Å². The van der Waals surface area contributed by atoms with Gasteiger partial charge < -0.3 is 15.2 Å². The normalized spacial score (nSPS) is 28.7. The fourth-order valence-electron chi connectivity index (χ4n) is 3.34. The fourth-order valence-corrected chi connectivity index (χ4v) is 3.34. The first-order valence-corrected chi connectivity index (χ1v) is 7.15. The van der Waals surface area contributed by atoms with Gasteiger partial charge in [-0.15, -0.1) is 0 Å². The first kappa shape index (κ1) is 13.8. The molecule has 1 saturated heterocycles. The summed E-state index contributed by atoms with van der Waals surface area (Å²) in [6.07, 6.45) is 6.69. The van der Waals surface area contributed by atoms with Gasteiger partial charge in [0, 0.05) is 12.6 Å². The summed E-state index contributed by atoms with van der Waals surface area (Å²) in [4.78, 5) is 11.2. The number of rotatable bonds is 4. The lowest BCUT2D eigenvalue weighted by Crippen LogP contribution is -2.52. The summed E-state index contributed by atoms with van der Waals surface area (Å²) in [6.45, 7) is 4.68. The Bertz CT molecular complexity index is 297. The second-order valence-corrected chi connectivity index (χ2v) is 6.15. The largest absolute Gasteiger partial charge is 0.480 e. The number of carbonyl (C=O) groups is 1. The van der Waals surface area contributed by atoms with Crippen LogP contribution in [0.2, 0.25) is 0 Å². The molecule has 0 bridgehead atoms. The second kappa shape index (κ2) is 5.57. The Balaban J connectivity index is 1.94. The Morgan fingerprint density at radius 3 is 2.61 bits per heavy atom. The van der Waals surface area contributed by atoms with Gasteiger partial charge in [-0.1, -0.05) is 26.7 Å². The molecule has 1 aliphatic heterocycles. The first-order chi connectivity index (χ1) is 8.52. The van der Waals surface area contributed by atoms with E-state index < -0.39 is 12.0 Å². The Hall–Kier alpha value is -0.610. The van der Waals surface area contributed by atoms with Crippen LogP contribution in [0.5, 0.6) is 0 Å². The van der Waals surface area contributed by atoms with Crippen molar-refractivity contribution in [2.45, 2.75) is 70.1 Å². The molecule has 1 saturated carbocycles. The average Bonchev–Trinajstić information content (AvgIpc) is 2.73. The highest BCUT2D eigenvalue weighted by Gasteiger charge is 2.40. The van der Waals surface area contributed by atoms with Crippen LogP contribution in [0.1, 0.15) is 52.4 Å². The molecule has 0 aromatic rings. The molecule has 0 aromatic carbocycles. The van der Waals surface area contributed by atoms with Crippen molar-refractivity contribution in [3.05, 3.63) is 0 Å². The quantitative estimate of drug-likeness (QED) is 0.808. The molecule has 1 heterocycles. The summed E-state index contributed by atoms with van der Waals surface area (Å²) in [5, 5.41) is 12.6. The van der Waals surface area contributed by atoms with Crippen molar-refractivity contribution in [2.24, 2.45) is 5.92 Å². The van der Waals surface area contributed by atoms with Gasteiger partial charge in [-0.2, -0.15) is 0 Å². The Morgan fingerprint density at radius 2 is 2.06 bits per heavy atom. The van der Waals surface area contributed by atoms with E-state index in [1.807, 2.05) is 13.8 Å². The number of carboxylic acid groups (broad SMARTS) is 1. The fraction of sp³-hybridized carbons (Fsp3) is 0.929. The third-order valence-corrected chi connectivity index (χ3v) is 4.36. The third-order valence-electron chi connectivity index (χ3n) is 4.36. The number of hydrogen-bond donors (Lipinski definition) is 2. The maximum Gasteiger partial charge on any atom is 0.320 e. The van der Waals surface area contributed by atoms with Crippen molar-refractivity contribution in [3.63, 3.8) is 0 Å². The van der Waals surface area contributed by atoms with E-state index in [-0.39, 0.29) is 11.5 Å². The predicted octanol–water partition coefficient (Wildman–Crippen LogP) is 2.18. The number of aliphatic carboxylic acids is 1. The monoisotopic (exact) mass is 255 g/mol. The molecule has 18 heavy (non-hydrogen) atoms. The van der Waals surface area contributed by atoms with E-state index >= 15 is 0 Å². The predicted molar refractivity (Wildman–Crippen MR) is 69.6 cm³/mol. The van der Waals surface area contributed by atoms with E-state index in [0.717, 1.165) is 32.3 Å². The van der Waals surface area contributed by atoms with E-state index in [1.165, 1.54) is 12.8 Å². The molecule has 1 spiro atoms. The number of nitrogens with one attached hydrogen (secondary N) is 1. The number of ether oxygens (including phenoxy) is 1. The topological polar surface area (TPSA) is 58.6 Å². The van der Waals surface area contributed by atoms with Gasteiger partial charge in [-0.3, -0.25) is 4.79 Å². The van der Waals surface area contributed by atoms with Gasteiger partial charge in [0.1, 0.15) is 6.04 Å². The Morgan fingerprint density at radius 1 is 1.39 bits per heavy atom. The molecular formula is C14H25NO3. The lowest BCUT2D eigenvalue weighted by molar-refractivity contribution is -0.142. The van der Waals surface area contributed by atoms with Crippen LogP contribution in [-0.4, -0.2) is 35.4 Å². The molecule has 2 aliphatic rings. The highest BCUT2D eigenvalue weighted by atomic mass is 16.5. The highest BCUT2D eigenvalue weighted by Crippen LogP contribution is 2.40. The summed E-state index contributed by atoms with van der Waals surface area (Å²) >= 11 is 0. The van der Waals surface area contributed by atoms with Gasteiger partial charge in [0.05, 0.1) is 5.60 Å². The van der Waals surface area contributed by atoms with E-state index in [2.05, 4.69) is 5.32 Å². The van der Waals surface area contributed by atoms with Crippen molar-refractivity contribution in [1.29, 1.82) is 0 Å². The highest BCUT2D eigenvalue weighted by molar-refractivity contribution is 5.73. The minimum atomic E-state index is -0.739. The van der Waals surface area contributed by atoms with E-state index in [4.69, 9.17) is 4.74 Å². The van der Waals surface area contributed by atoms with Crippen molar-refractivity contribution in [2.75, 3.05) is 6.61 Å². The van der Waals surface area contributed by atoms with Gasteiger partial charge in [-0.25, -0.2) is 0 Å². The molecule has 104 valence electrons. The van der Waals surface area contributed by atoms with Crippen molar-refractivity contribution >= 4 is 5.97 Å². The molecule has 0 amide bonds. The SMILES string of the molecule is CC(C)C(NC1CCOC2(CCCC2)C1)C(=O)O. The van der Waals surface area contributed by atoms with Gasteiger partial charge in [-0.05, 0) is 31.6 Å². The standard InChI is InChI=1S/C14H25NO3/c1-10(2)12(13(16)17)15-11-5-8-18-14(9-11)6-3-4-7-14/h10-12,15H,3-9H2,1-2H3,(H,16,17). The molecule has 2 fully saturated rings. The van der Waals surface area contributed by atoms with Crippen LogP contribution in [0.4, 0.5) is 0 Å². The van der Waals surface area contributed by atoms with Gasteiger partial charge >= 0.3 is 5.97 Å². The molecule has 0 aromatic heterocycles. The van der Waals surface area contributed by atoms with Crippen LogP contribution in [0.3, 0.4) is 0 Å². The summed E-state index contributed by atoms with van der Waals surface area (Å²) in [7, 11) is 0. The summed E-state index contributed by atoms with van der Waals surface area (Å²) < 4.78 is 5.97. The van der Waals surface area contributed by atoms with Crippen LogP contribution >= 0.6 is 0 Å². The van der Waals surface area contributed by atoms with Crippen molar-refractivity contribution in [3.8, 4) is 0 Å². The van der Waals surface area contributed by atoms with Crippen LogP contribution in [0.25, 0.3) is 0 Å². The molecule has 1 aliphatic carbocycles. The van der Waals surface area contributed by atoms with Crippen molar-refractivity contribution in [1.82, 2.24) is 5.32 Å². The maximum absolute atomic E-state index is 11.2. The molecule has 4 nitrogen and oxygen atoms in total. The van der Waals surface area contributed by atoms with E-state index in [0.29, 0.717) is 6.04 Å². The van der Waals surface area contributed by atoms with E-state index in [9.17, 15) is 9.90 Å². The van der Waals surface area contributed by atoms with Gasteiger partial charge in [0.25, 0.3) is 0 Å². The summed E-state index contributed by atoms with van der Waals surface area (Å²) in [5.41, 5.74) is 0.0515. The van der Waals surface area contributed by atoms with E-state index in [1.54, 1.807) is 0 Å². The number of carboxylic acids is 1. The molecule has 2 rings (SSSR count). The molecular weight excluding hydrogens is 230 g/mol. The zero-order chi connectivity index (χ0) is 13.2. The van der Waals surface area contributed by atoms with Gasteiger partial charge in [0.2, 0.25) is 0 Å². The minimum Gasteiger partial charge on any atom is -0.480 e. The molecule has 0 radical (unpaired) electrons. The average molecular weight is 255 g/mol. The summed E-state index contributed by atoms with van der Waals surface area (Å²) in [6, 6.07) is -0.146. The Kier molecular flexibility index (Phi) is 4.28. The second-order valence-electron chi connectivity index (χ2n) is 6.15. The number of hydrogen-bond acceptors (Lipinski definition) is 3. The lowest BCUT2D eigenvalue weighted by atomic mass is 9.88. The van der Waals surface area contributed by atoms with Crippen LogP contribution in [0, 0.1) is 5.92 Å². The van der Waals surface area contributed by atoms with Crippen LogP contribution in [-0.2, 0) is 9.53 Å². The maximum atomic E-state index is 11.2. The van der Waals surface area contributed by atoms with Crippen LogP contribution < -0.4 is 5.32 Å². The zero-order valence-electron chi connectivity index (χ0n) is 11.4. The van der Waals surface area contributed by atoms with Gasteiger partial charge in [0.15, 0.2) is 0 Å². The smallest absolute Gasteiger partial charge is 0.320 e. The molecule has 2 unspecified atom stereocenters. The third kappa shape index (κ3) is 3.04. The molecule has 2 atom stereocenters. The summed E-state index contributed by atoms with van der Waals surface area (Å²) in [5.74, 6) is -0.623.